The van der Waals surface area contributed by atoms with Crippen LogP contribution < -0.4 is 5.43 Å². The van der Waals surface area contributed by atoms with E-state index in [2.05, 4.69) is 10.5 Å². The summed E-state index contributed by atoms with van der Waals surface area (Å²) in [6, 6.07) is 3.71. The van der Waals surface area contributed by atoms with Crippen LogP contribution >= 0.6 is 46.1 Å². The number of hydrogen-bond acceptors (Lipinski definition) is 3. The van der Waals surface area contributed by atoms with Crippen molar-refractivity contribution < 1.29 is 4.79 Å². The smallest absolute Gasteiger partial charge is 0.268 e. The van der Waals surface area contributed by atoms with Gasteiger partial charge in [0.1, 0.15) is 0 Å². The normalized spacial score (nSPS) is 11.9. The fourth-order valence-electron chi connectivity index (χ4n) is 0.583. The van der Waals surface area contributed by atoms with Crippen LogP contribution in [0.4, 0.5) is 0 Å². The standard InChI is InChI=1S/C7H5Cl3N2OS/c8-7(9,10)6(13)12-11-4-5-2-1-3-14-5/h1-4H,(H,12,13)/b11-4+. The van der Waals surface area contributed by atoms with E-state index in [0.717, 1.165) is 4.88 Å². The molecule has 0 spiro atoms. The van der Waals surface area contributed by atoms with E-state index in [1.165, 1.54) is 17.6 Å². The molecule has 1 N–H and O–H groups in total. The Bertz CT molecular complexity index is 331. The van der Waals surface area contributed by atoms with Crippen LogP contribution in [0, 0.1) is 0 Å². The molecule has 76 valence electrons. The zero-order valence-electron chi connectivity index (χ0n) is 6.71. The van der Waals surface area contributed by atoms with Crippen molar-refractivity contribution in [1.29, 1.82) is 0 Å². The first-order valence-corrected chi connectivity index (χ1v) is 5.45. The molecular weight excluding hydrogens is 267 g/mol. The van der Waals surface area contributed by atoms with Gasteiger partial charge in [-0.15, -0.1) is 11.3 Å². The number of rotatable bonds is 2. The van der Waals surface area contributed by atoms with Gasteiger partial charge in [0.2, 0.25) is 0 Å². The third-order valence-electron chi connectivity index (χ3n) is 1.16. The number of amides is 1. The Morgan fingerprint density at radius 3 is 2.79 bits per heavy atom. The maximum Gasteiger partial charge on any atom is 0.292 e. The van der Waals surface area contributed by atoms with Gasteiger partial charge in [0.05, 0.1) is 6.21 Å². The van der Waals surface area contributed by atoms with Gasteiger partial charge in [-0.1, -0.05) is 40.9 Å². The van der Waals surface area contributed by atoms with E-state index in [9.17, 15) is 4.79 Å². The minimum absolute atomic E-state index is 0.782. The second-order valence-corrected chi connectivity index (χ2v) is 5.47. The number of carbonyl (C=O) groups is 1. The number of thiophene rings is 1. The van der Waals surface area contributed by atoms with Gasteiger partial charge in [-0.25, -0.2) is 5.43 Å². The van der Waals surface area contributed by atoms with E-state index in [4.69, 9.17) is 34.8 Å². The van der Waals surface area contributed by atoms with Crippen molar-refractivity contribution in [2.75, 3.05) is 0 Å². The molecule has 0 radical (unpaired) electrons. The van der Waals surface area contributed by atoms with Crippen LogP contribution in [0.15, 0.2) is 22.6 Å². The van der Waals surface area contributed by atoms with Gasteiger partial charge in [-0.05, 0) is 11.4 Å². The molecule has 0 aliphatic rings. The van der Waals surface area contributed by atoms with Crippen LogP contribution in [-0.4, -0.2) is 15.9 Å². The SMILES string of the molecule is O=C(N/N=C/c1cccs1)C(Cl)(Cl)Cl. The molecule has 0 aliphatic heterocycles. The summed E-state index contributed by atoms with van der Waals surface area (Å²) in [7, 11) is 0. The molecule has 1 aromatic heterocycles. The highest BCUT2D eigenvalue weighted by Crippen LogP contribution is 2.25. The van der Waals surface area contributed by atoms with Gasteiger partial charge in [-0.2, -0.15) is 5.10 Å². The van der Waals surface area contributed by atoms with Crippen molar-refractivity contribution in [2.24, 2.45) is 5.10 Å². The minimum atomic E-state index is -1.98. The van der Waals surface area contributed by atoms with Crippen LogP contribution in [0.1, 0.15) is 4.88 Å². The molecule has 0 saturated carbocycles. The number of nitrogens with zero attached hydrogens (tertiary/aromatic N) is 1. The van der Waals surface area contributed by atoms with Crippen molar-refractivity contribution in [3.8, 4) is 0 Å². The summed E-state index contributed by atoms with van der Waals surface area (Å²) in [5.74, 6) is -0.782. The number of hydrogen-bond donors (Lipinski definition) is 1. The minimum Gasteiger partial charge on any atom is -0.268 e. The summed E-state index contributed by atoms with van der Waals surface area (Å²) in [5, 5.41) is 5.50. The molecule has 1 amide bonds. The lowest BCUT2D eigenvalue weighted by atomic mass is 10.5. The first-order chi connectivity index (χ1) is 6.50. The van der Waals surface area contributed by atoms with E-state index in [1.807, 2.05) is 17.5 Å². The molecule has 0 aliphatic carbocycles. The Morgan fingerprint density at radius 1 is 1.57 bits per heavy atom. The maximum absolute atomic E-state index is 11.0. The fraction of sp³-hybridized carbons (Fsp3) is 0.143. The van der Waals surface area contributed by atoms with E-state index >= 15 is 0 Å². The van der Waals surface area contributed by atoms with Gasteiger partial charge in [-0.3, -0.25) is 4.79 Å². The molecule has 0 saturated heterocycles. The maximum atomic E-state index is 11.0. The summed E-state index contributed by atoms with van der Waals surface area (Å²) >= 11 is 17.4. The Morgan fingerprint density at radius 2 is 2.29 bits per heavy atom. The molecule has 14 heavy (non-hydrogen) atoms. The van der Waals surface area contributed by atoms with E-state index in [1.54, 1.807) is 0 Å². The summed E-state index contributed by atoms with van der Waals surface area (Å²) in [4.78, 5) is 11.9. The first-order valence-electron chi connectivity index (χ1n) is 3.44. The Kier molecular flexibility index (Phi) is 4.19. The molecular formula is C7H5Cl3N2OS. The average Bonchev–Trinajstić information content (AvgIpc) is 2.55. The molecule has 3 nitrogen and oxygen atoms in total. The Hall–Kier alpha value is -0.290. The first kappa shape index (κ1) is 11.8. The summed E-state index contributed by atoms with van der Waals surface area (Å²) in [6.45, 7) is 0. The zero-order valence-corrected chi connectivity index (χ0v) is 9.79. The molecule has 7 heteroatoms. The third kappa shape index (κ3) is 3.84. The molecule has 0 atom stereocenters. The molecule has 0 unspecified atom stereocenters. The monoisotopic (exact) mass is 270 g/mol. The highest BCUT2D eigenvalue weighted by Gasteiger charge is 2.30. The average molecular weight is 272 g/mol. The largest absolute Gasteiger partial charge is 0.292 e. The van der Waals surface area contributed by atoms with Crippen LogP contribution in [0.2, 0.25) is 0 Å². The molecule has 1 rings (SSSR count). The van der Waals surface area contributed by atoms with E-state index in [-0.39, 0.29) is 0 Å². The van der Waals surface area contributed by atoms with E-state index in [0.29, 0.717) is 0 Å². The summed E-state index contributed by atoms with van der Waals surface area (Å²) < 4.78 is -1.98. The van der Waals surface area contributed by atoms with Crippen LogP contribution in [0.5, 0.6) is 0 Å². The predicted octanol–water partition coefficient (Wildman–Crippen LogP) is 2.57. The lowest BCUT2D eigenvalue weighted by molar-refractivity contribution is -0.120. The second-order valence-electron chi connectivity index (χ2n) is 2.21. The molecule has 0 aromatic carbocycles. The fourth-order valence-corrected chi connectivity index (χ4v) is 1.29. The van der Waals surface area contributed by atoms with Crippen molar-refractivity contribution in [2.45, 2.75) is 3.79 Å². The molecule has 1 aromatic rings. The number of carbonyl (C=O) groups excluding carboxylic acids is 1. The molecule has 1 heterocycles. The molecule has 0 bridgehead atoms. The number of halogens is 3. The zero-order chi connectivity index (χ0) is 10.6. The Balaban J connectivity index is 2.45. The topological polar surface area (TPSA) is 41.5 Å². The van der Waals surface area contributed by atoms with E-state index < -0.39 is 9.70 Å². The summed E-state index contributed by atoms with van der Waals surface area (Å²) in [6.07, 6.45) is 1.47. The van der Waals surface area contributed by atoms with Crippen molar-refractivity contribution >= 4 is 58.3 Å². The summed E-state index contributed by atoms with van der Waals surface area (Å²) in [5.41, 5.74) is 2.10. The number of alkyl halides is 3. The van der Waals surface area contributed by atoms with Crippen molar-refractivity contribution in [3.63, 3.8) is 0 Å². The highest BCUT2D eigenvalue weighted by molar-refractivity contribution is 7.11. The predicted molar refractivity (Wildman–Crippen MR) is 60.3 cm³/mol. The van der Waals surface area contributed by atoms with Crippen molar-refractivity contribution in [1.82, 2.24) is 5.43 Å². The van der Waals surface area contributed by atoms with Gasteiger partial charge in [0, 0.05) is 4.88 Å². The van der Waals surface area contributed by atoms with Crippen LogP contribution in [0.25, 0.3) is 0 Å². The van der Waals surface area contributed by atoms with Gasteiger partial charge < -0.3 is 0 Å². The lowest BCUT2D eigenvalue weighted by Crippen LogP contribution is -2.30. The number of nitrogens with one attached hydrogen (secondary N) is 1. The highest BCUT2D eigenvalue weighted by atomic mass is 35.6. The van der Waals surface area contributed by atoms with Gasteiger partial charge in [0.15, 0.2) is 0 Å². The lowest BCUT2D eigenvalue weighted by Gasteiger charge is -2.06. The van der Waals surface area contributed by atoms with Crippen LogP contribution in [0.3, 0.4) is 0 Å². The van der Waals surface area contributed by atoms with Gasteiger partial charge in [0.25, 0.3) is 9.70 Å². The van der Waals surface area contributed by atoms with Gasteiger partial charge >= 0.3 is 0 Å². The van der Waals surface area contributed by atoms with Crippen LogP contribution in [-0.2, 0) is 4.79 Å². The quantitative estimate of drug-likeness (QED) is 0.501. The molecule has 0 fully saturated rings. The second kappa shape index (κ2) is 4.98. The number of hydrazone groups is 1. The third-order valence-corrected chi connectivity index (χ3v) is 2.48. The van der Waals surface area contributed by atoms with Crippen molar-refractivity contribution in [3.05, 3.63) is 22.4 Å². The Labute approximate surface area is 99.7 Å².